The molecule has 0 heterocycles. The Hall–Kier alpha value is -0.870. The molecule has 152 valence electrons. The first-order chi connectivity index (χ1) is 12.8. The van der Waals surface area contributed by atoms with Crippen LogP contribution in [-0.2, 0) is 20.2 Å². The minimum atomic E-state index is -5.10. The first-order valence-corrected chi connectivity index (χ1v) is 9.92. The van der Waals surface area contributed by atoms with Crippen LogP contribution in [0, 0.1) is 0 Å². The van der Waals surface area contributed by atoms with E-state index in [2.05, 4.69) is 9.47 Å². The zero-order valence-corrected chi connectivity index (χ0v) is 21.8. The van der Waals surface area contributed by atoms with Crippen LogP contribution < -0.4 is 68.6 Å². The summed E-state index contributed by atoms with van der Waals surface area (Å²) in [4.78, 5) is 10.8. The van der Waals surface area contributed by atoms with Crippen LogP contribution in [-0.4, -0.2) is 56.2 Å². The summed E-state index contributed by atoms with van der Waals surface area (Å²) in [5.41, 5.74) is -1.33. The summed E-state index contributed by atoms with van der Waals surface area (Å²) < 4.78 is 77.1. The van der Waals surface area contributed by atoms with E-state index in [0.29, 0.717) is 18.2 Å². The van der Waals surface area contributed by atoms with Crippen LogP contribution in [0.3, 0.4) is 0 Å². The molecule has 0 unspecified atom stereocenters. The van der Waals surface area contributed by atoms with Crippen molar-refractivity contribution >= 4 is 26.0 Å². The number of carbonyl (C=O) groups is 1. The maximum atomic E-state index is 12.7. The average molecular weight is 478 g/mol. The summed E-state index contributed by atoms with van der Waals surface area (Å²) in [6.45, 7) is 0. The smallest absolute Gasteiger partial charge is 0.744 e. The number of ether oxygens (including phenoxy) is 2. The molecule has 0 amide bonds. The SMILES string of the molecule is COc1cc(O)c(C(=O)c2ccc(S(=O)(=O)[O-])c(OC)c2O)cc1S(=O)(=O)[O-].[Na+].[Na+]. The average Bonchev–Trinajstić information content (AvgIpc) is 2.58. The number of hydrogen-bond acceptors (Lipinski definition) is 11. The minimum Gasteiger partial charge on any atom is -0.744 e. The van der Waals surface area contributed by atoms with Crippen LogP contribution in [0.4, 0.5) is 0 Å². The van der Waals surface area contributed by atoms with Gasteiger partial charge in [0.25, 0.3) is 0 Å². The van der Waals surface area contributed by atoms with Gasteiger partial charge in [-0.15, -0.1) is 0 Å². The summed E-state index contributed by atoms with van der Waals surface area (Å²) in [6.07, 6.45) is 0. The number of phenols is 2. The normalized spacial score (nSPS) is 11.1. The maximum Gasteiger partial charge on any atom is 1.00 e. The Morgan fingerprint density at radius 2 is 1.40 bits per heavy atom. The number of carbonyl (C=O) groups excluding carboxylic acids is 1. The van der Waals surface area contributed by atoms with Gasteiger partial charge in [0.05, 0.1) is 30.2 Å². The van der Waals surface area contributed by atoms with Crippen molar-refractivity contribution in [2.24, 2.45) is 0 Å². The summed E-state index contributed by atoms with van der Waals surface area (Å²) in [5, 5.41) is 20.1. The summed E-state index contributed by atoms with van der Waals surface area (Å²) in [7, 11) is -8.18. The fourth-order valence-corrected chi connectivity index (χ4v) is 3.65. The number of rotatable bonds is 6. The van der Waals surface area contributed by atoms with Crippen LogP contribution in [0.2, 0.25) is 0 Å². The molecule has 11 nitrogen and oxygen atoms in total. The first-order valence-electron chi connectivity index (χ1n) is 7.10. The van der Waals surface area contributed by atoms with Crippen molar-refractivity contribution in [2.75, 3.05) is 14.2 Å². The van der Waals surface area contributed by atoms with Gasteiger partial charge in [0.1, 0.15) is 36.6 Å². The van der Waals surface area contributed by atoms with Gasteiger partial charge in [-0.2, -0.15) is 0 Å². The van der Waals surface area contributed by atoms with Crippen molar-refractivity contribution in [2.45, 2.75) is 9.79 Å². The van der Waals surface area contributed by atoms with E-state index in [1.54, 1.807) is 0 Å². The fraction of sp³-hybridized carbons (Fsp3) is 0.133. The number of hydrogen-bond donors (Lipinski definition) is 2. The van der Waals surface area contributed by atoms with Gasteiger partial charge >= 0.3 is 59.1 Å². The molecule has 0 atom stereocenters. The van der Waals surface area contributed by atoms with Crippen LogP contribution in [0.15, 0.2) is 34.1 Å². The molecule has 0 spiro atoms. The van der Waals surface area contributed by atoms with E-state index in [1.165, 1.54) is 0 Å². The molecule has 0 aromatic heterocycles. The van der Waals surface area contributed by atoms with Gasteiger partial charge in [-0.1, -0.05) is 0 Å². The van der Waals surface area contributed by atoms with Crippen LogP contribution in [0.5, 0.6) is 23.0 Å². The minimum absolute atomic E-state index is 0. The fourth-order valence-electron chi connectivity index (χ4n) is 2.36. The summed E-state index contributed by atoms with van der Waals surface area (Å²) in [6, 6.07) is 2.71. The molecule has 2 rings (SSSR count). The van der Waals surface area contributed by atoms with Gasteiger partial charge < -0.3 is 28.8 Å². The van der Waals surface area contributed by atoms with Crippen molar-refractivity contribution in [1.29, 1.82) is 0 Å². The Morgan fingerprint density at radius 3 is 1.83 bits per heavy atom. The summed E-state index contributed by atoms with van der Waals surface area (Å²) in [5.74, 6) is -4.33. The third-order valence-electron chi connectivity index (χ3n) is 3.61. The van der Waals surface area contributed by atoms with E-state index in [-0.39, 0.29) is 59.1 Å². The Bertz CT molecular complexity index is 1180. The topological polar surface area (TPSA) is 190 Å². The molecule has 0 saturated carbocycles. The van der Waals surface area contributed by atoms with Gasteiger partial charge in [-0.25, -0.2) is 16.8 Å². The second kappa shape index (κ2) is 10.6. The molecular formula is C15H12Na2O11S2. The molecule has 0 aliphatic heterocycles. The molecule has 0 radical (unpaired) electrons. The zero-order valence-electron chi connectivity index (χ0n) is 16.2. The largest absolute Gasteiger partial charge is 1.00 e. The number of aromatic hydroxyl groups is 2. The number of ketones is 1. The molecule has 2 aromatic carbocycles. The van der Waals surface area contributed by atoms with Crippen molar-refractivity contribution in [3.05, 3.63) is 35.4 Å². The van der Waals surface area contributed by atoms with E-state index in [0.717, 1.165) is 20.3 Å². The Morgan fingerprint density at radius 1 is 0.867 bits per heavy atom. The van der Waals surface area contributed by atoms with Gasteiger partial charge in [0.15, 0.2) is 11.5 Å². The van der Waals surface area contributed by atoms with Crippen molar-refractivity contribution in [1.82, 2.24) is 0 Å². The molecular weight excluding hydrogens is 466 g/mol. The molecule has 0 bridgehead atoms. The second-order valence-electron chi connectivity index (χ2n) is 5.25. The van der Waals surface area contributed by atoms with E-state index < -0.39 is 69.9 Å². The zero-order chi connectivity index (χ0) is 21.4. The molecule has 15 heteroatoms. The first kappa shape index (κ1) is 29.1. The van der Waals surface area contributed by atoms with Gasteiger partial charge in [0.2, 0.25) is 5.78 Å². The van der Waals surface area contributed by atoms with Crippen LogP contribution >= 0.6 is 0 Å². The quantitative estimate of drug-likeness (QED) is 0.228. The predicted molar refractivity (Wildman–Crippen MR) is 88.7 cm³/mol. The number of phenolic OH excluding ortho intramolecular Hbond substituents is 2. The van der Waals surface area contributed by atoms with Gasteiger partial charge in [-0.3, -0.25) is 4.79 Å². The van der Waals surface area contributed by atoms with E-state index >= 15 is 0 Å². The Balaban J connectivity index is 0.00000420. The second-order valence-corrected chi connectivity index (χ2v) is 7.95. The Kier molecular flexibility index (Phi) is 10.3. The molecule has 0 aliphatic carbocycles. The molecule has 0 fully saturated rings. The van der Waals surface area contributed by atoms with Crippen LogP contribution in [0.25, 0.3) is 0 Å². The van der Waals surface area contributed by atoms with E-state index in [9.17, 15) is 40.9 Å². The van der Waals surface area contributed by atoms with Gasteiger partial charge in [-0.05, 0) is 18.2 Å². The molecule has 30 heavy (non-hydrogen) atoms. The van der Waals surface area contributed by atoms with E-state index in [4.69, 9.17) is 0 Å². The third-order valence-corrected chi connectivity index (χ3v) is 5.33. The monoisotopic (exact) mass is 478 g/mol. The van der Waals surface area contributed by atoms with Gasteiger partial charge in [0, 0.05) is 6.07 Å². The molecule has 2 aromatic rings. The number of methoxy groups -OCH3 is 2. The maximum absolute atomic E-state index is 12.7. The molecule has 0 aliphatic rings. The van der Waals surface area contributed by atoms with E-state index in [1.807, 2.05) is 0 Å². The molecule has 0 saturated heterocycles. The van der Waals surface area contributed by atoms with Crippen LogP contribution in [0.1, 0.15) is 15.9 Å². The van der Waals surface area contributed by atoms with Crippen molar-refractivity contribution in [3.63, 3.8) is 0 Å². The standard InChI is InChI=1S/C15H14O11S2.2Na/c1-25-10-6-9(16)8(5-12(10)28(22,23)24)13(17)7-3-4-11(27(19,20)21)15(26-2)14(7)18;;/h3-6,16,18H,1-2H3,(H,19,20,21)(H,22,23,24);;/q;2*+1/p-2. The summed E-state index contributed by atoms with van der Waals surface area (Å²) >= 11 is 0. The third kappa shape index (κ3) is 5.88. The molecule has 2 N–H and O–H groups in total. The number of benzene rings is 2. The van der Waals surface area contributed by atoms with Crippen molar-refractivity contribution in [3.8, 4) is 23.0 Å². The predicted octanol–water partition coefficient (Wildman–Crippen LogP) is -5.84. The Labute approximate surface area is 216 Å². The van der Waals surface area contributed by atoms with Crippen molar-refractivity contribution < 1.29 is 110 Å².